The fourth-order valence-corrected chi connectivity index (χ4v) is 1.79. The van der Waals surface area contributed by atoms with Crippen molar-refractivity contribution in [2.24, 2.45) is 5.41 Å². The van der Waals surface area contributed by atoms with Crippen LogP contribution in [0.1, 0.15) is 20.8 Å². The van der Waals surface area contributed by atoms with Crippen molar-refractivity contribution < 1.29 is 9.59 Å². The van der Waals surface area contributed by atoms with Gasteiger partial charge in [0.05, 0.1) is 17.9 Å². The second-order valence-corrected chi connectivity index (χ2v) is 6.47. The molecule has 0 bridgehead atoms. The third-order valence-corrected chi connectivity index (χ3v) is 3.04. The summed E-state index contributed by atoms with van der Waals surface area (Å²) in [6, 6.07) is 5.26. The second kappa shape index (κ2) is 6.80. The van der Waals surface area contributed by atoms with Gasteiger partial charge >= 0.3 is 0 Å². The average Bonchev–Trinajstić information content (AvgIpc) is 2.34. The van der Waals surface area contributed by atoms with Gasteiger partial charge in [0.15, 0.2) is 0 Å². The second-order valence-electron chi connectivity index (χ2n) is 6.04. The summed E-state index contributed by atoms with van der Waals surface area (Å²) in [5.41, 5.74) is 0.933. The molecule has 5 nitrogen and oxygen atoms in total. The molecule has 21 heavy (non-hydrogen) atoms. The van der Waals surface area contributed by atoms with Gasteiger partial charge in [-0.25, -0.2) is 0 Å². The van der Waals surface area contributed by atoms with Crippen molar-refractivity contribution in [3.05, 3.63) is 23.2 Å². The SMILES string of the molecule is CN(C)c1ccc(Cl)cc1NC(=O)CNC(=O)C(C)(C)C. The molecule has 0 fully saturated rings. The first-order chi connectivity index (χ1) is 9.61. The Morgan fingerprint density at radius 1 is 1.24 bits per heavy atom. The van der Waals surface area contributed by atoms with E-state index in [0.29, 0.717) is 10.7 Å². The predicted molar refractivity (Wildman–Crippen MR) is 86.9 cm³/mol. The van der Waals surface area contributed by atoms with Crippen LogP contribution in [0.3, 0.4) is 0 Å². The molecule has 0 aromatic heterocycles. The fraction of sp³-hybridized carbons (Fsp3) is 0.467. The van der Waals surface area contributed by atoms with Crippen LogP contribution in [0.25, 0.3) is 0 Å². The van der Waals surface area contributed by atoms with Gasteiger partial charge in [0.1, 0.15) is 0 Å². The first-order valence-electron chi connectivity index (χ1n) is 6.66. The molecule has 0 radical (unpaired) electrons. The lowest BCUT2D eigenvalue weighted by atomic mass is 9.96. The summed E-state index contributed by atoms with van der Waals surface area (Å²) in [7, 11) is 3.75. The van der Waals surface area contributed by atoms with Crippen molar-refractivity contribution in [2.75, 3.05) is 30.9 Å². The van der Waals surface area contributed by atoms with Gasteiger partial charge in [0.2, 0.25) is 11.8 Å². The number of nitrogens with zero attached hydrogens (tertiary/aromatic N) is 1. The van der Waals surface area contributed by atoms with Gasteiger partial charge in [0, 0.05) is 24.5 Å². The monoisotopic (exact) mass is 311 g/mol. The Labute approximate surface area is 130 Å². The number of hydrogen-bond acceptors (Lipinski definition) is 3. The molecular formula is C15H22ClN3O2. The summed E-state index contributed by atoms with van der Waals surface area (Å²) >= 11 is 5.95. The highest BCUT2D eigenvalue weighted by atomic mass is 35.5. The molecule has 0 spiro atoms. The van der Waals surface area contributed by atoms with E-state index in [-0.39, 0.29) is 18.4 Å². The number of hydrogen-bond donors (Lipinski definition) is 2. The van der Waals surface area contributed by atoms with Crippen molar-refractivity contribution in [2.45, 2.75) is 20.8 Å². The minimum Gasteiger partial charge on any atom is -0.376 e. The molecule has 6 heteroatoms. The Hall–Kier alpha value is -1.75. The van der Waals surface area contributed by atoms with E-state index in [4.69, 9.17) is 11.6 Å². The number of rotatable bonds is 4. The Kier molecular flexibility index (Phi) is 5.61. The van der Waals surface area contributed by atoms with Gasteiger partial charge in [-0.05, 0) is 18.2 Å². The van der Waals surface area contributed by atoms with E-state index < -0.39 is 5.41 Å². The molecule has 0 aliphatic rings. The molecule has 0 aliphatic heterocycles. The summed E-state index contributed by atoms with van der Waals surface area (Å²) in [6.45, 7) is 5.31. The van der Waals surface area contributed by atoms with E-state index >= 15 is 0 Å². The highest BCUT2D eigenvalue weighted by Gasteiger charge is 2.21. The summed E-state index contributed by atoms with van der Waals surface area (Å²) in [6.07, 6.45) is 0. The molecule has 0 saturated carbocycles. The number of halogens is 1. The fourth-order valence-electron chi connectivity index (χ4n) is 1.62. The zero-order valence-corrected chi connectivity index (χ0v) is 13.8. The van der Waals surface area contributed by atoms with Gasteiger partial charge in [-0.3, -0.25) is 9.59 Å². The molecule has 1 aromatic rings. The third-order valence-electron chi connectivity index (χ3n) is 2.81. The van der Waals surface area contributed by atoms with Crippen molar-refractivity contribution in [1.29, 1.82) is 0 Å². The zero-order valence-electron chi connectivity index (χ0n) is 13.1. The number of carbonyl (C=O) groups excluding carboxylic acids is 2. The number of amides is 2. The standard InChI is InChI=1S/C15H22ClN3O2/c1-15(2,3)14(21)17-9-13(20)18-11-8-10(16)6-7-12(11)19(4)5/h6-8H,9H2,1-5H3,(H,17,21)(H,18,20). The van der Waals surface area contributed by atoms with Crippen LogP contribution in [0, 0.1) is 5.41 Å². The van der Waals surface area contributed by atoms with Crippen LogP contribution < -0.4 is 15.5 Å². The number of carbonyl (C=O) groups is 2. The Morgan fingerprint density at radius 2 is 1.86 bits per heavy atom. The maximum Gasteiger partial charge on any atom is 0.243 e. The van der Waals surface area contributed by atoms with E-state index in [1.807, 2.05) is 25.1 Å². The molecule has 0 saturated heterocycles. The molecule has 0 atom stereocenters. The van der Waals surface area contributed by atoms with Crippen LogP contribution in [0.5, 0.6) is 0 Å². The topological polar surface area (TPSA) is 61.4 Å². The van der Waals surface area contributed by atoms with Crippen molar-refractivity contribution in [1.82, 2.24) is 5.32 Å². The van der Waals surface area contributed by atoms with E-state index in [1.54, 1.807) is 32.9 Å². The molecule has 1 aromatic carbocycles. The molecular weight excluding hydrogens is 290 g/mol. The van der Waals surface area contributed by atoms with E-state index in [2.05, 4.69) is 10.6 Å². The average molecular weight is 312 g/mol. The minimum absolute atomic E-state index is 0.0739. The van der Waals surface area contributed by atoms with E-state index in [9.17, 15) is 9.59 Å². The zero-order chi connectivity index (χ0) is 16.2. The maximum atomic E-state index is 11.9. The molecule has 0 heterocycles. The first-order valence-corrected chi connectivity index (χ1v) is 7.04. The van der Waals surface area contributed by atoms with Crippen molar-refractivity contribution >= 4 is 34.8 Å². The van der Waals surface area contributed by atoms with Crippen LogP contribution in [-0.4, -0.2) is 32.5 Å². The lowest BCUT2D eigenvalue weighted by Crippen LogP contribution is -2.39. The smallest absolute Gasteiger partial charge is 0.243 e. The highest BCUT2D eigenvalue weighted by Crippen LogP contribution is 2.27. The Bertz CT molecular complexity index is 536. The third kappa shape index (κ3) is 5.27. The minimum atomic E-state index is -0.523. The Balaban J connectivity index is 2.71. The number of benzene rings is 1. The van der Waals surface area contributed by atoms with Gasteiger partial charge in [-0.1, -0.05) is 32.4 Å². The highest BCUT2D eigenvalue weighted by molar-refractivity contribution is 6.31. The molecule has 1 rings (SSSR count). The first kappa shape index (κ1) is 17.3. The Morgan fingerprint density at radius 3 is 2.38 bits per heavy atom. The van der Waals surface area contributed by atoms with Crippen LogP contribution in [0.4, 0.5) is 11.4 Å². The molecule has 2 amide bonds. The van der Waals surface area contributed by atoms with E-state index in [1.165, 1.54) is 0 Å². The largest absolute Gasteiger partial charge is 0.376 e. The summed E-state index contributed by atoms with van der Waals surface area (Å²) in [4.78, 5) is 25.5. The van der Waals surface area contributed by atoms with Crippen molar-refractivity contribution in [3.63, 3.8) is 0 Å². The molecule has 0 unspecified atom stereocenters. The van der Waals surface area contributed by atoms with Crippen LogP contribution in [-0.2, 0) is 9.59 Å². The maximum absolute atomic E-state index is 11.9. The van der Waals surface area contributed by atoms with Crippen LogP contribution in [0.15, 0.2) is 18.2 Å². The summed E-state index contributed by atoms with van der Waals surface area (Å²) < 4.78 is 0. The number of nitrogens with one attached hydrogen (secondary N) is 2. The molecule has 0 aliphatic carbocycles. The quantitative estimate of drug-likeness (QED) is 0.898. The normalized spacial score (nSPS) is 11.0. The van der Waals surface area contributed by atoms with Gasteiger partial charge in [-0.2, -0.15) is 0 Å². The number of anilines is 2. The summed E-state index contributed by atoms with van der Waals surface area (Å²) in [5.74, 6) is -0.463. The molecule has 116 valence electrons. The summed E-state index contributed by atoms with van der Waals surface area (Å²) in [5, 5.41) is 5.90. The molecule has 2 N–H and O–H groups in total. The van der Waals surface area contributed by atoms with Crippen molar-refractivity contribution in [3.8, 4) is 0 Å². The van der Waals surface area contributed by atoms with Gasteiger partial charge in [-0.15, -0.1) is 0 Å². The van der Waals surface area contributed by atoms with E-state index in [0.717, 1.165) is 5.69 Å². The van der Waals surface area contributed by atoms with Gasteiger partial charge < -0.3 is 15.5 Å². The van der Waals surface area contributed by atoms with Crippen LogP contribution >= 0.6 is 11.6 Å². The van der Waals surface area contributed by atoms with Gasteiger partial charge in [0.25, 0.3) is 0 Å². The van der Waals surface area contributed by atoms with Crippen LogP contribution in [0.2, 0.25) is 5.02 Å². The lowest BCUT2D eigenvalue weighted by Gasteiger charge is -2.19. The predicted octanol–water partition coefficient (Wildman–Crippen LogP) is 2.51. The lowest BCUT2D eigenvalue weighted by molar-refractivity contribution is -0.130.